The maximum atomic E-state index is 12.8. The number of ether oxygens (including phenoxy) is 1. The minimum absolute atomic E-state index is 0.0278. The second-order valence-electron chi connectivity index (χ2n) is 7.12. The van der Waals surface area contributed by atoms with Crippen LogP contribution in [0, 0.1) is 5.92 Å². The van der Waals surface area contributed by atoms with E-state index in [9.17, 15) is 4.79 Å². The second-order valence-corrected chi connectivity index (χ2v) is 7.12. The quantitative estimate of drug-likeness (QED) is 0.910. The third-order valence-electron chi connectivity index (χ3n) is 4.56. The lowest BCUT2D eigenvalue weighted by atomic mass is 9.95. The van der Waals surface area contributed by atoms with Crippen molar-refractivity contribution < 1.29 is 9.53 Å². The van der Waals surface area contributed by atoms with Gasteiger partial charge in [0.15, 0.2) is 0 Å². The largest absolute Gasteiger partial charge is 0.493 e. The van der Waals surface area contributed by atoms with Gasteiger partial charge in [0, 0.05) is 30.6 Å². The van der Waals surface area contributed by atoms with Gasteiger partial charge in [0.05, 0.1) is 6.61 Å². The average Bonchev–Trinajstić information content (AvgIpc) is 3.02. The molecule has 25 heavy (non-hydrogen) atoms. The van der Waals surface area contributed by atoms with Gasteiger partial charge in [0.1, 0.15) is 5.75 Å². The highest BCUT2D eigenvalue weighted by molar-refractivity contribution is 5.94. The minimum Gasteiger partial charge on any atom is -0.493 e. The molecule has 2 aromatic rings. The zero-order valence-corrected chi connectivity index (χ0v) is 14.9. The Morgan fingerprint density at radius 2 is 1.80 bits per heavy atom. The van der Waals surface area contributed by atoms with Crippen molar-refractivity contribution in [1.29, 1.82) is 0 Å². The predicted molar refractivity (Wildman–Crippen MR) is 99.8 cm³/mol. The lowest BCUT2D eigenvalue weighted by Gasteiger charge is -2.17. The first-order valence-corrected chi connectivity index (χ1v) is 8.87. The molecule has 0 radical (unpaired) electrons. The smallest absolute Gasteiger partial charge is 0.253 e. The molecule has 1 aliphatic heterocycles. The molecule has 2 N–H and O–H groups in total. The number of rotatable bonds is 5. The molecular formula is C21H26N2O2. The molecule has 1 saturated heterocycles. The number of benzene rings is 2. The molecule has 4 nitrogen and oxygen atoms in total. The molecule has 0 unspecified atom stereocenters. The zero-order valence-electron chi connectivity index (χ0n) is 14.9. The molecule has 0 bridgehead atoms. The van der Waals surface area contributed by atoms with Gasteiger partial charge in [-0.05, 0) is 35.7 Å². The molecule has 2 aromatic carbocycles. The molecule has 2 atom stereocenters. The van der Waals surface area contributed by atoms with E-state index in [2.05, 4.69) is 26.0 Å². The first-order valence-electron chi connectivity index (χ1n) is 8.87. The molecule has 1 fully saturated rings. The summed E-state index contributed by atoms with van der Waals surface area (Å²) >= 11 is 0. The van der Waals surface area contributed by atoms with Crippen LogP contribution >= 0.6 is 0 Å². The number of hydrogen-bond donors (Lipinski definition) is 1. The van der Waals surface area contributed by atoms with Gasteiger partial charge in [-0.3, -0.25) is 4.79 Å². The van der Waals surface area contributed by atoms with E-state index in [1.807, 2.05) is 47.4 Å². The Morgan fingerprint density at radius 1 is 1.12 bits per heavy atom. The number of nitrogens with zero attached hydrogens (tertiary/aromatic N) is 1. The van der Waals surface area contributed by atoms with Gasteiger partial charge in [-0.1, -0.05) is 44.2 Å². The highest BCUT2D eigenvalue weighted by atomic mass is 16.5. The molecule has 4 heteroatoms. The molecule has 3 rings (SSSR count). The number of nitrogens with two attached hydrogens (primary N) is 1. The van der Waals surface area contributed by atoms with Gasteiger partial charge >= 0.3 is 0 Å². The first kappa shape index (κ1) is 17.5. The van der Waals surface area contributed by atoms with Crippen LogP contribution in [0.3, 0.4) is 0 Å². The minimum atomic E-state index is -0.0278. The van der Waals surface area contributed by atoms with Gasteiger partial charge in [-0.25, -0.2) is 0 Å². The SMILES string of the molecule is CC(C)COc1ccc(C(=O)N2C[C@@H](N)[C@H](c3ccccc3)C2)cc1. The van der Waals surface area contributed by atoms with E-state index in [-0.39, 0.29) is 17.9 Å². The van der Waals surface area contributed by atoms with E-state index in [1.165, 1.54) is 5.56 Å². The van der Waals surface area contributed by atoms with Crippen LogP contribution in [0.4, 0.5) is 0 Å². The van der Waals surface area contributed by atoms with Crippen LogP contribution in [0.1, 0.15) is 35.7 Å². The number of amides is 1. The van der Waals surface area contributed by atoms with E-state index >= 15 is 0 Å². The van der Waals surface area contributed by atoms with Crippen molar-refractivity contribution in [3.63, 3.8) is 0 Å². The summed E-state index contributed by atoms with van der Waals surface area (Å²) in [5.41, 5.74) is 8.17. The molecule has 0 spiro atoms. The van der Waals surface area contributed by atoms with Gasteiger partial charge in [0.25, 0.3) is 5.91 Å². The summed E-state index contributed by atoms with van der Waals surface area (Å²) in [4.78, 5) is 14.6. The lowest BCUT2D eigenvalue weighted by Crippen LogP contribution is -2.32. The van der Waals surface area contributed by atoms with Crippen LogP contribution in [-0.2, 0) is 0 Å². The molecule has 0 saturated carbocycles. The molecule has 1 aliphatic rings. The third kappa shape index (κ3) is 4.20. The predicted octanol–water partition coefficient (Wildman–Crippen LogP) is 3.29. The Labute approximate surface area is 149 Å². The summed E-state index contributed by atoms with van der Waals surface area (Å²) in [6, 6.07) is 17.6. The standard InChI is InChI=1S/C21H26N2O2/c1-15(2)14-25-18-10-8-17(9-11-18)21(24)23-12-19(20(22)13-23)16-6-4-3-5-7-16/h3-11,15,19-20H,12-14,22H2,1-2H3/t19-,20+/m0/s1. The topological polar surface area (TPSA) is 55.6 Å². The monoisotopic (exact) mass is 338 g/mol. The first-order chi connectivity index (χ1) is 12.0. The molecule has 0 aliphatic carbocycles. The Bertz CT molecular complexity index is 698. The van der Waals surface area contributed by atoms with E-state index in [0.29, 0.717) is 31.2 Å². The fraction of sp³-hybridized carbons (Fsp3) is 0.381. The highest BCUT2D eigenvalue weighted by Crippen LogP contribution is 2.27. The average molecular weight is 338 g/mol. The van der Waals surface area contributed by atoms with Crippen molar-refractivity contribution in [3.8, 4) is 5.75 Å². The normalized spacial score (nSPS) is 20.1. The van der Waals surface area contributed by atoms with Crippen molar-refractivity contribution in [2.24, 2.45) is 11.7 Å². The van der Waals surface area contributed by atoms with Crippen LogP contribution in [-0.4, -0.2) is 36.5 Å². The second kappa shape index (κ2) is 7.70. The van der Waals surface area contributed by atoms with Gasteiger partial charge < -0.3 is 15.4 Å². The van der Waals surface area contributed by atoms with Crippen LogP contribution < -0.4 is 10.5 Å². The molecule has 1 amide bonds. The number of carbonyl (C=O) groups excluding carboxylic acids is 1. The summed E-state index contributed by atoms with van der Waals surface area (Å²) in [7, 11) is 0. The van der Waals surface area contributed by atoms with Crippen molar-refractivity contribution in [2.45, 2.75) is 25.8 Å². The Hall–Kier alpha value is -2.33. The maximum Gasteiger partial charge on any atom is 0.253 e. The third-order valence-corrected chi connectivity index (χ3v) is 4.56. The lowest BCUT2D eigenvalue weighted by molar-refractivity contribution is 0.0789. The van der Waals surface area contributed by atoms with Crippen LogP contribution in [0.25, 0.3) is 0 Å². The molecule has 132 valence electrons. The van der Waals surface area contributed by atoms with Crippen molar-refractivity contribution in [2.75, 3.05) is 19.7 Å². The summed E-state index contributed by atoms with van der Waals surface area (Å²) in [6.07, 6.45) is 0. The van der Waals surface area contributed by atoms with E-state index in [0.717, 1.165) is 5.75 Å². The Balaban J connectivity index is 1.65. The fourth-order valence-electron chi connectivity index (χ4n) is 3.19. The molecular weight excluding hydrogens is 312 g/mol. The van der Waals surface area contributed by atoms with Crippen LogP contribution in [0.2, 0.25) is 0 Å². The summed E-state index contributed by atoms with van der Waals surface area (Å²) in [5.74, 6) is 1.50. The van der Waals surface area contributed by atoms with Gasteiger partial charge in [-0.15, -0.1) is 0 Å². The van der Waals surface area contributed by atoms with Crippen molar-refractivity contribution in [1.82, 2.24) is 4.90 Å². The fourth-order valence-corrected chi connectivity index (χ4v) is 3.19. The summed E-state index contributed by atoms with van der Waals surface area (Å²) < 4.78 is 5.67. The van der Waals surface area contributed by atoms with Crippen molar-refractivity contribution >= 4 is 5.91 Å². The van der Waals surface area contributed by atoms with Crippen molar-refractivity contribution in [3.05, 3.63) is 65.7 Å². The van der Waals surface area contributed by atoms with E-state index in [4.69, 9.17) is 10.5 Å². The number of likely N-dealkylation sites (tertiary alicyclic amines) is 1. The Morgan fingerprint density at radius 3 is 2.44 bits per heavy atom. The highest BCUT2D eigenvalue weighted by Gasteiger charge is 2.34. The molecule has 1 heterocycles. The summed E-state index contributed by atoms with van der Waals surface area (Å²) in [5, 5.41) is 0. The summed E-state index contributed by atoms with van der Waals surface area (Å²) in [6.45, 7) is 6.14. The van der Waals surface area contributed by atoms with Gasteiger partial charge in [-0.2, -0.15) is 0 Å². The number of hydrogen-bond acceptors (Lipinski definition) is 3. The molecule has 0 aromatic heterocycles. The van der Waals surface area contributed by atoms with Crippen LogP contribution in [0.5, 0.6) is 5.75 Å². The zero-order chi connectivity index (χ0) is 17.8. The Kier molecular flexibility index (Phi) is 5.39. The maximum absolute atomic E-state index is 12.8. The number of carbonyl (C=O) groups is 1. The van der Waals surface area contributed by atoms with E-state index in [1.54, 1.807) is 0 Å². The van der Waals surface area contributed by atoms with Crippen LogP contribution in [0.15, 0.2) is 54.6 Å². The van der Waals surface area contributed by atoms with E-state index < -0.39 is 0 Å². The van der Waals surface area contributed by atoms with Gasteiger partial charge in [0.2, 0.25) is 0 Å².